The number of carbonyl (C=O) groups excluding carboxylic acids is 2. The van der Waals surface area contributed by atoms with Crippen LogP contribution in [-0.4, -0.2) is 23.4 Å². The van der Waals surface area contributed by atoms with Gasteiger partial charge in [-0.2, -0.15) is 0 Å². The van der Waals surface area contributed by atoms with Crippen LogP contribution in [0.1, 0.15) is 10.8 Å². The van der Waals surface area contributed by atoms with Crippen molar-refractivity contribution in [2.45, 2.75) is 13.0 Å². The van der Waals surface area contributed by atoms with Crippen LogP contribution in [0, 0.1) is 0 Å². The number of amides is 2. The summed E-state index contributed by atoms with van der Waals surface area (Å²) >= 11 is 1.42. The second-order valence-electron chi connectivity index (χ2n) is 5.71. The van der Waals surface area contributed by atoms with Gasteiger partial charge in [0.15, 0.2) is 6.61 Å². The highest BCUT2D eigenvalue weighted by molar-refractivity contribution is 7.10. The fourth-order valence-electron chi connectivity index (χ4n) is 2.57. The number of thiazole rings is 1. The van der Waals surface area contributed by atoms with Crippen molar-refractivity contribution in [3.8, 4) is 17.0 Å². The van der Waals surface area contributed by atoms with Gasteiger partial charge < -0.3 is 19.8 Å². The predicted octanol–water partition coefficient (Wildman–Crippen LogP) is 2.59. The lowest BCUT2D eigenvalue weighted by Crippen LogP contribution is -2.25. The molecule has 0 bridgehead atoms. The minimum atomic E-state index is -0.179. The van der Waals surface area contributed by atoms with Gasteiger partial charge in [0.2, 0.25) is 5.91 Å². The zero-order valence-electron chi connectivity index (χ0n) is 13.7. The zero-order chi connectivity index (χ0) is 17.9. The number of carbonyl (C=O) groups is 2. The van der Waals surface area contributed by atoms with Crippen molar-refractivity contribution in [1.29, 1.82) is 0 Å². The molecule has 1 aromatic carbocycles. The molecule has 8 heteroatoms. The molecule has 132 valence electrons. The van der Waals surface area contributed by atoms with E-state index in [0.29, 0.717) is 23.7 Å². The summed E-state index contributed by atoms with van der Waals surface area (Å²) < 4.78 is 10.5. The first-order chi connectivity index (χ1) is 12.7. The van der Waals surface area contributed by atoms with E-state index in [1.165, 1.54) is 11.3 Å². The van der Waals surface area contributed by atoms with Gasteiger partial charge in [0.25, 0.3) is 5.91 Å². The second kappa shape index (κ2) is 7.01. The number of hydrogen-bond donors (Lipinski definition) is 2. The molecule has 0 saturated carbocycles. The summed E-state index contributed by atoms with van der Waals surface area (Å²) in [7, 11) is 0. The summed E-state index contributed by atoms with van der Waals surface area (Å²) in [4.78, 5) is 28.0. The summed E-state index contributed by atoms with van der Waals surface area (Å²) in [6.07, 6.45) is 1.77. The van der Waals surface area contributed by atoms with Gasteiger partial charge in [-0.3, -0.25) is 9.59 Å². The number of benzene rings is 1. The lowest BCUT2D eigenvalue weighted by Gasteiger charge is -2.18. The van der Waals surface area contributed by atoms with E-state index in [9.17, 15) is 9.59 Å². The van der Waals surface area contributed by atoms with Crippen molar-refractivity contribution >= 4 is 28.8 Å². The molecule has 2 N–H and O–H groups in total. The van der Waals surface area contributed by atoms with Gasteiger partial charge in [-0.25, -0.2) is 4.98 Å². The van der Waals surface area contributed by atoms with Crippen LogP contribution in [-0.2, 0) is 22.6 Å². The SMILES string of the molecule is O=C(Cc1nc(-c2ccc3c(c2)NC(=O)CO3)cs1)NCc1ccco1. The van der Waals surface area contributed by atoms with E-state index in [0.717, 1.165) is 16.3 Å². The third-order valence-corrected chi connectivity index (χ3v) is 4.66. The average molecular weight is 369 g/mol. The van der Waals surface area contributed by atoms with E-state index in [1.807, 2.05) is 17.5 Å². The van der Waals surface area contributed by atoms with Crippen LogP contribution in [0.25, 0.3) is 11.3 Å². The third kappa shape index (κ3) is 3.60. The molecule has 4 rings (SSSR count). The standard InChI is InChI=1S/C18H15N3O4S/c22-16(19-8-12-2-1-5-24-12)7-18-21-14(10-26-18)11-3-4-15-13(6-11)20-17(23)9-25-15/h1-6,10H,7-9H2,(H,19,22)(H,20,23). The van der Waals surface area contributed by atoms with Crippen LogP contribution >= 0.6 is 11.3 Å². The number of fused-ring (bicyclic) bond motifs is 1. The van der Waals surface area contributed by atoms with Gasteiger partial charge in [-0.15, -0.1) is 11.3 Å². The number of nitrogens with one attached hydrogen (secondary N) is 2. The highest BCUT2D eigenvalue weighted by Crippen LogP contribution is 2.33. The van der Waals surface area contributed by atoms with E-state index in [1.54, 1.807) is 24.5 Å². The van der Waals surface area contributed by atoms with Gasteiger partial charge in [-0.1, -0.05) is 0 Å². The Bertz CT molecular complexity index is 949. The summed E-state index contributed by atoms with van der Waals surface area (Å²) in [5, 5.41) is 8.18. The van der Waals surface area contributed by atoms with Crippen LogP contribution in [0.3, 0.4) is 0 Å². The Kier molecular flexibility index (Phi) is 4.40. The van der Waals surface area contributed by atoms with Crippen LogP contribution in [0.5, 0.6) is 5.75 Å². The number of furan rings is 1. The summed E-state index contributed by atoms with van der Waals surface area (Å²) in [5.74, 6) is 1.05. The quantitative estimate of drug-likeness (QED) is 0.721. The molecular formula is C18H15N3O4S. The fraction of sp³-hybridized carbons (Fsp3) is 0.167. The maximum absolute atomic E-state index is 12.0. The first-order valence-corrected chi connectivity index (χ1v) is 8.86. The number of ether oxygens (including phenoxy) is 1. The molecule has 26 heavy (non-hydrogen) atoms. The molecule has 0 fully saturated rings. The molecule has 0 unspecified atom stereocenters. The van der Waals surface area contributed by atoms with E-state index in [2.05, 4.69) is 15.6 Å². The number of hydrogen-bond acceptors (Lipinski definition) is 6. The van der Waals surface area contributed by atoms with Crippen molar-refractivity contribution < 1.29 is 18.7 Å². The monoisotopic (exact) mass is 369 g/mol. The Morgan fingerprint density at radius 3 is 3.12 bits per heavy atom. The van der Waals surface area contributed by atoms with Crippen molar-refractivity contribution in [2.24, 2.45) is 0 Å². The second-order valence-corrected chi connectivity index (χ2v) is 6.65. The summed E-state index contributed by atoms with van der Waals surface area (Å²) in [5.41, 5.74) is 2.24. The Labute approximate surface area is 153 Å². The van der Waals surface area contributed by atoms with Crippen LogP contribution in [0.4, 0.5) is 5.69 Å². The van der Waals surface area contributed by atoms with E-state index < -0.39 is 0 Å². The van der Waals surface area contributed by atoms with Gasteiger partial charge in [-0.05, 0) is 30.3 Å². The molecule has 0 radical (unpaired) electrons. The smallest absolute Gasteiger partial charge is 0.262 e. The molecule has 0 saturated heterocycles. The third-order valence-electron chi connectivity index (χ3n) is 3.81. The average Bonchev–Trinajstić information content (AvgIpc) is 3.31. The molecule has 0 atom stereocenters. The topological polar surface area (TPSA) is 93.5 Å². The maximum Gasteiger partial charge on any atom is 0.262 e. The van der Waals surface area contributed by atoms with Gasteiger partial charge in [0, 0.05) is 10.9 Å². The molecule has 0 spiro atoms. The van der Waals surface area contributed by atoms with Gasteiger partial charge in [0.1, 0.15) is 16.5 Å². The lowest BCUT2D eigenvalue weighted by molar-refractivity contribution is -0.120. The summed E-state index contributed by atoms with van der Waals surface area (Å²) in [6, 6.07) is 9.09. The summed E-state index contributed by atoms with van der Waals surface area (Å²) in [6.45, 7) is 0.384. The van der Waals surface area contributed by atoms with Crippen molar-refractivity contribution in [2.75, 3.05) is 11.9 Å². The predicted molar refractivity (Wildman–Crippen MR) is 95.9 cm³/mol. The van der Waals surface area contributed by atoms with Crippen LogP contribution in [0.15, 0.2) is 46.4 Å². The van der Waals surface area contributed by atoms with Crippen LogP contribution < -0.4 is 15.4 Å². The molecule has 1 aliphatic rings. The molecule has 1 aliphatic heterocycles. The van der Waals surface area contributed by atoms with Crippen LogP contribution in [0.2, 0.25) is 0 Å². The first kappa shape index (κ1) is 16.3. The number of rotatable bonds is 5. The Hall–Kier alpha value is -3.13. The molecule has 7 nitrogen and oxygen atoms in total. The van der Waals surface area contributed by atoms with Crippen molar-refractivity contribution in [1.82, 2.24) is 10.3 Å². The molecule has 0 aliphatic carbocycles. The molecular weight excluding hydrogens is 354 g/mol. The first-order valence-electron chi connectivity index (χ1n) is 7.98. The van der Waals surface area contributed by atoms with E-state index in [4.69, 9.17) is 9.15 Å². The lowest BCUT2D eigenvalue weighted by atomic mass is 10.1. The van der Waals surface area contributed by atoms with Gasteiger partial charge >= 0.3 is 0 Å². The van der Waals surface area contributed by atoms with E-state index in [-0.39, 0.29) is 24.8 Å². The Balaban J connectivity index is 1.42. The Morgan fingerprint density at radius 2 is 2.27 bits per heavy atom. The number of aromatic nitrogens is 1. The number of nitrogens with zero attached hydrogens (tertiary/aromatic N) is 1. The molecule has 3 heterocycles. The fourth-order valence-corrected chi connectivity index (χ4v) is 3.37. The van der Waals surface area contributed by atoms with Gasteiger partial charge in [0.05, 0.1) is 30.6 Å². The minimum absolute atomic E-state index is 0.0281. The molecule has 3 aromatic rings. The maximum atomic E-state index is 12.0. The zero-order valence-corrected chi connectivity index (χ0v) is 14.5. The van der Waals surface area contributed by atoms with Crippen molar-refractivity contribution in [3.05, 3.63) is 52.7 Å². The number of anilines is 1. The van der Waals surface area contributed by atoms with Crippen molar-refractivity contribution in [3.63, 3.8) is 0 Å². The highest BCUT2D eigenvalue weighted by atomic mass is 32.1. The molecule has 2 amide bonds. The van der Waals surface area contributed by atoms with E-state index >= 15 is 0 Å². The largest absolute Gasteiger partial charge is 0.482 e. The normalized spacial score (nSPS) is 12.8. The minimum Gasteiger partial charge on any atom is -0.482 e. The highest BCUT2D eigenvalue weighted by Gasteiger charge is 2.17. The molecule has 2 aromatic heterocycles. The Morgan fingerprint density at radius 1 is 1.35 bits per heavy atom.